The van der Waals surface area contributed by atoms with Crippen LogP contribution in [0.15, 0.2) is 74.3 Å². The van der Waals surface area contributed by atoms with Gasteiger partial charge in [0.05, 0.1) is 10.6 Å². The number of rotatable bonds is 5. The van der Waals surface area contributed by atoms with E-state index in [-0.39, 0.29) is 5.69 Å². The van der Waals surface area contributed by atoms with Gasteiger partial charge in [0, 0.05) is 21.8 Å². The van der Waals surface area contributed by atoms with Gasteiger partial charge in [-0.25, -0.2) is 4.74 Å². The fraction of sp³-hybridized carbons (Fsp3) is 0.238. The Hall–Kier alpha value is -2.37. The van der Waals surface area contributed by atoms with Crippen molar-refractivity contribution in [1.29, 1.82) is 0 Å². The molecule has 0 N–H and O–H groups in total. The van der Waals surface area contributed by atoms with Crippen molar-refractivity contribution in [3.8, 4) is 5.75 Å². The molecule has 0 fully saturated rings. The van der Waals surface area contributed by atoms with Crippen LogP contribution in [0.5, 0.6) is 5.75 Å². The summed E-state index contributed by atoms with van der Waals surface area (Å²) in [6.07, 6.45) is 0. The fourth-order valence-electron chi connectivity index (χ4n) is 2.80. The highest BCUT2D eigenvalue weighted by Gasteiger charge is 2.41. The maximum atomic E-state index is 11.0. The van der Waals surface area contributed by atoms with Crippen LogP contribution in [0.1, 0.15) is 26.5 Å². The second-order valence-electron chi connectivity index (χ2n) is 7.55. The first-order chi connectivity index (χ1) is 13.6. The monoisotopic (exact) mass is 476 g/mol. The third kappa shape index (κ3) is 4.62. The average molecular weight is 477 g/mol. The van der Waals surface area contributed by atoms with Crippen LogP contribution < -0.4 is 10.0 Å². The van der Waals surface area contributed by atoms with Crippen LogP contribution in [0.2, 0.25) is 0 Å². The minimum Gasteiger partial charge on any atom is -0.457 e. The molecule has 8 heteroatoms. The number of nitrogens with zero attached hydrogens (tertiary/aromatic N) is 2. The average Bonchev–Trinajstić information content (AvgIpc) is 3.07. The molecule has 0 saturated carbocycles. The quantitative estimate of drug-likeness (QED) is 0.221. The molecule has 2 aromatic carbocycles. The first kappa shape index (κ1) is 21.3. The van der Waals surface area contributed by atoms with Crippen LogP contribution in [0.4, 0.5) is 11.4 Å². The fourth-order valence-corrected chi connectivity index (χ4v) is 6.06. The zero-order valence-corrected chi connectivity index (χ0v) is 19.1. The number of benzene rings is 2. The van der Waals surface area contributed by atoms with Crippen molar-refractivity contribution in [1.82, 2.24) is 0 Å². The van der Waals surface area contributed by atoms with E-state index in [2.05, 4.69) is 36.7 Å². The van der Waals surface area contributed by atoms with Crippen molar-refractivity contribution in [2.75, 3.05) is 0 Å². The molecular formula is C21H22BrN2O4P. The molecule has 1 atom stereocenters. The van der Waals surface area contributed by atoms with Crippen LogP contribution in [0, 0.1) is 17.0 Å². The van der Waals surface area contributed by atoms with Gasteiger partial charge in [0.15, 0.2) is 5.50 Å². The molecule has 0 aliphatic heterocycles. The van der Waals surface area contributed by atoms with Crippen LogP contribution in [-0.4, -0.2) is 10.1 Å². The van der Waals surface area contributed by atoms with Crippen LogP contribution >= 0.6 is 23.2 Å². The van der Waals surface area contributed by atoms with E-state index < -0.39 is 17.4 Å². The SMILES string of the molecule is Cc1ccc([P@](=Nc2ccc([N+](=O)[O-])cc2)(Oc2cccc(Br)c2)C(C)(C)C)o1. The summed E-state index contributed by atoms with van der Waals surface area (Å²) in [5, 5.41) is 10.6. The zero-order valence-electron chi connectivity index (χ0n) is 16.6. The summed E-state index contributed by atoms with van der Waals surface area (Å²) < 4.78 is 18.6. The smallest absolute Gasteiger partial charge is 0.269 e. The number of nitro benzene ring substituents is 1. The Balaban J connectivity index is 2.24. The predicted octanol–water partition coefficient (Wildman–Crippen LogP) is 7.21. The molecule has 0 spiro atoms. The Morgan fingerprint density at radius 3 is 2.31 bits per heavy atom. The second kappa shape index (κ2) is 8.17. The minimum atomic E-state index is -2.75. The van der Waals surface area contributed by atoms with Gasteiger partial charge in [-0.1, -0.05) is 42.8 Å². The molecule has 3 rings (SSSR count). The molecule has 3 aromatic rings. The molecule has 0 aliphatic rings. The second-order valence-corrected chi connectivity index (χ2v) is 11.8. The van der Waals surface area contributed by atoms with E-state index in [1.165, 1.54) is 12.1 Å². The number of halogens is 1. The molecule has 6 nitrogen and oxygen atoms in total. The molecule has 0 bridgehead atoms. The Morgan fingerprint density at radius 1 is 1.10 bits per heavy atom. The van der Waals surface area contributed by atoms with Crippen molar-refractivity contribution in [2.24, 2.45) is 4.74 Å². The molecular weight excluding hydrogens is 455 g/mol. The van der Waals surface area contributed by atoms with E-state index >= 15 is 0 Å². The molecule has 1 heterocycles. The van der Waals surface area contributed by atoms with Crippen LogP contribution in [0.25, 0.3) is 0 Å². The van der Waals surface area contributed by atoms with Gasteiger partial charge in [-0.2, -0.15) is 0 Å². The Bertz CT molecular complexity index is 1080. The number of non-ortho nitro benzene ring substituents is 1. The summed E-state index contributed by atoms with van der Waals surface area (Å²) in [6, 6.07) is 17.6. The van der Waals surface area contributed by atoms with Crippen LogP contribution in [0.3, 0.4) is 0 Å². The van der Waals surface area contributed by atoms with Gasteiger partial charge in [0.1, 0.15) is 11.5 Å². The lowest BCUT2D eigenvalue weighted by Gasteiger charge is -2.35. The molecule has 29 heavy (non-hydrogen) atoms. The number of hydrogen-bond acceptors (Lipinski definition) is 5. The molecule has 0 amide bonds. The molecule has 1 aromatic heterocycles. The maximum absolute atomic E-state index is 11.0. The highest BCUT2D eigenvalue weighted by atomic mass is 79.9. The van der Waals surface area contributed by atoms with Crippen molar-refractivity contribution < 1.29 is 13.9 Å². The third-order valence-corrected chi connectivity index (χ3v) is 8.42. The normalized spacial score (nSPS) is 13.6. The van der Waals surface area contributed by atoms with E-state index in [1.54, 1.807) is 12.1 Å². The summed E-state index contributed by atoms with van der Waals surface area (Å²) in [4.78, 5) is 10.6. The minimum absolute atomic E-state index is 0.0189. The van der Waals surface area contributed by atoms with Gasteiger partial charge >= 0.3 is 0 Å². The highest BCUT2D eigenvalue weighted by molar-refractivity contribution is 9.10. The van der Waals surface area contributed by atoms with E-state index in [4.69, 9.17) is 13.7 Å². The number of furan rings is 1. The molecule has 0 radical (unpaired) electrons. The number of aryl methyl sites for hydroxylation is 1. The zero-order chi connectivity index (χ0) is 21.2. The van der Waals surface area contributed by atoms with E-state index in [9.17, 15) is 10.1 Å². The Labute approximate surface area is 178 Å². The van der Waals surface area contributed by atoms with Crippen molar-refractivity contribution >= 4 is 40.1 Å². The first-order valence-electron chi connectivity index (χ1n) is 9.00. The van der Waals surface area contributed by atoms with Gasteiger partial charge in [0.2, 0.25) is 7.28 Å². The largest absolute Gasteiger partial charge is 0.457 e. The van der Waals surface area contributed by atoms with Crippen molar-refractivity contribution in [3.63, 3.8) is 0 Å². The predicted molar refractivity (Wildman–Crippen MR) is 120 cm³/mol. The van der Waals surface area contributed by atoms with E-state index in [0.29, 0.717) is 16.9 Å². The lowest BCUT2D eigenvalue weighted by atomic mass is 10.3. The number of nitro groups is 1. The van der Waals surface area contributed by atoms with E-state index in [0.717, 1.165) is 10.2 Å². The van der Waals surface area contributed by atoms with Crippen LogP contribution in [-0.2, 0) is 0 Å². The Morgan fingerprint density at radius 2 is 1.79 bits per heavy atom. The van der Waals surface area contributed by atoms with Crippen molar-refractivity contribution in [2.45, 2.75) is 32.9 Å². The summed E-state index contributed by atoms with van der Waals surface area (Å²) in [5.74, 6) is 1.44. The summed E-state index contributed by atoms with van der Waals surface area (Å²) in [7, 11) is -2.75. The van der Waals surface area contributed by atoms with Gasteiger partial charge < -0.3 is 8.94 Å². The maximum Gasteiger partial charge on any atom is 0.269 e. The lowest BCUT2D eigenvalue weighted by molar-refractivity contribution is -0.384. The molecule has 152 valence electrons. The topological polar surface area (TPSA) is 77.9 Å². The number of hydrogen-bond donors (Lipinski definition) is 0. The highest BCUT2D eigenvalue weighted by Crippen LogP contribution is 2.62. The van der Waals surface area contributed by atoms with Gasteiger partial charge in [-0.15, -0.1) is 0 Å². The van der Waals surface area contributed by atoms with Gasteiger partial charge in [0.25, 0.3) is 5.69 Å². The molecule has 0 aliphatic carbocycles. The van der Waals surface area contributed by atoms with Crippen molar-refractivity contribution in [3.05, 3.63) is 81.0 Å². The van der Waals surface area contributed by atoms with Gasteiger partial charge in [-0.3, -0.25) is 10.1 Å². The lowest BCUT2D eigenvalue weighted by Crippen LogP contribution is -2.26. The molecule has 0 unspecified atom stereocenters. The third-order valence-electron chi connectivity index (χ3n) is 4.28. The standard InChI is InChI=1S/C21H22BrN2O4P/c1-15-8-13-20(27-15)29(21(2,3)4,28-19-7-5-6-16(22)14-19)23-17-9-11-18(12-10-17)24(25)26/h5-14H,1-4H3/t29-/m0/s1. The summed E-state index contributed by atoms with van der Waals surface area (Å²) in [5.41, 5.74) is 1.29. The molecule has 0 saturated heterocycles. The van der Waals surface area contributed by atoms with Gasteiger partial charge in [-0.05, 0) is 49.4 Å². The first-order valence-corrected chi connectivity index (χ1v) is 11.4. The summed E-state index contributed by atoms with van der Waals surface area (Å²) >= 11 is 3.48. The Kier molecular flexibility index (Phi) is 6.01. The summed E-state index contributed by atoms with van der Waals surface area (Å²) in [6.45, 7) is 8.06. The van der Waals surface area contributed by atoms with E-state index in [1.807, 2.05) is 43.3 Å².